The Balaban J connectivity index is 1.62. The summed E-state index contributed by atoms with van der Waals surface area (Å²) in [6, 6.07) is 21.7. The van der Waals surface area contributed by atoms with Gasteiger partial charge in [0.15, 0.2) is 0 Å². The Kier molecular flexibility index (Phi) is 3.97. The van der Waals surface area contributed by atoms with Gasteiger partial charge in [0.25, 0.3) is 5.91 Å². The monoisotopic (exact) mass is 368 g/mol. The first-order valence-corrected chi connectivity index (χ1v) is 9.67. The number of hydrogen-bond donors (Lipinski definition) is 0. The summed E-state index contributed by atoms with van der Waals surface area (Å²) < 4.78 is 5.89. The molecule has 138 valence electrons. The molecular formula is C24H20N2O2. The van der Waals surface area contributed by atoms with Gasteiger partial charge in [-0.3, -0.25) is 4.79 Å². The van der Waals surface area contributed by atoms with Crippen molar-refractivity contribution in [3.05, 3.63) is 72.3 Å². The number of nitrogens with zero attached hydrogens (tertiary/aromatic N) is 2. The van der Waals surface area contributed by atoms with E-state index in [1.165, 1.54) is 0 Å². The van der Waals surface area contributed by atoms with E-state index in [4.69, 9.17) is 9.41 Å². The molecular weight excluding hydrogens is 348 g/mol. The van der Waals surface area contributed by atoms with Crippen LogP contribution < -0.4 is 4.90 Å². The molecule has 2 heterocycles. The number of anilines is 1. The molecule has 4 aromatic rings. The molecule has 4 nitrogen and oxygen atoms in total. The first-order chi connectivity index (χ1) is 13.8. The van der Waals surface area contributed by atoms with E-state index in [0.717, 1.165) is 58.3 Å². The normalized spacial score (nSPS) is 15.1. The SMILES string of the molecule is CCCCN1C(=O)C(=Nc2ccc3oc4ccccc4c3c2)c2ccccc21. The maximum atomic E-state index is 13.1. The number of carbonyl (C=O) groups is 1. The summed E-state index contributed by atoms with van der Waals surface area (Å²) in [7, 11) is 0. The lowest BCUT2D eigenvalue weighted by Gasteiger charge is -2.15. The fraction of sp³-hybridized carbons (Fsp3) is 0.167. The number of carbonyl (C=O) groups excluding carboxylic acids is 1. The maximum Gasteiger partial charge on any atom is 0.277 e. The quantitative estimate of drug-likeness (QED) is 0.453. The highest BCUT2D eigenvalue weighted by Gasteiger charge is 2.33. The van der Waals surface area contributed by atoms with Crippen LogP contribution in [0.1, 0.15) is 25.3 Å². The highest BCUT2D eigenvalue weighted by molar-refractivity contribution is 6.54. The summed E-state index contributed by atoms with van der Waals surface area (Å²) in [5.74, 6) is -0.0215. The minimum atomic E-state index is -0.0215. The average molecular weight is 368 g/mol. The lowest BCUT2D eigenvalue weighted by atomic mass is 10.1. The highest BCUT2D eigenvalue weighted by Crippen LogP contribution is 2.34. The van der Waals surface area contributed by atoms with Crippen LogP contribution in [-0.4, -0.2) is 18.2 Å². The molecule has 0 radical (unpaired) electrons. The van der Waals surface area contributed by atoms with E-state index < -0.39 is 0 Å². The molecule has 0 aliphatic carbocycles. The molecule has 4 heteroatoms. The van der Waals surface area contributed by atoms with E-state index >= 15 is 0 Å². The van der Waals surface area contributed by atoms with E-state index in [9.17, 15) is 4.79 Å². The van der Waals surface area contributed by atoms with Gasteiger partial charge in [0.1, 0.15) is 16.9 Å². The molecule has 3 aromatic carbocycles. The third-order valence-electron chi connectivity index (χ3n) is 5.23. The number of hydrogen-bond acceptors (Lipinski definition) is 3. The molecule has 0 atom stereocenters. The number of fused-ring (bicyclic) bond motifs is 4. The number of unbranched alkanes of at least 4 members (excludes halogenated alkanes) is 1. The standard InChI is InChI=1S/C24H20N2O2/c1-2-3-14-26-20-10-6-4-9-18(20)23(24(26)27)25-16-12-13-22-19(15-16)17-8-5-7-11-21(17)28-22/h4-13,15H,2-3,14H2,1H3. The molecule has 1 aliphatic heterocycles. The largest absolute Gasteiger partial charge is 0.456 e. The lowest BCUT2D eigenvalue weighted by molar-refractivity contribution is -0.112. The zero-order valence-electron chi connectivity index (χ0n) is 15.7. The summed E-state index contributed by atoms with van der Waals surface area (Å²) in [5.41, 5.74) is 4.81. The van der Waals surface area contributed by atoms with Gasteiger partial charge in [-0.15, -0.1) is 0 Å². The van der Waals surface area contributed by atoms with E-state index in [-0.39, 0.29) is 5.91 Å². The fourth-order valence-electron chi connectivity index (χ4n) is 3.82. The molecule has 1 aromatic heterocycles. The van der Waals surface area contributed by atoms with Crippen LogP contribution in [0.5, 0.6) is 0 Å². The number of rotatable bonds is 4. The number of aliphatic imine (C=N–C) groups is 1. The van der Waals surface area contributed by atoms with Gasteiger partial charge in [0.05, 0.1) is 11.4 Å². The predicted molar refractivity (Wildman–Crippen MR) is 114 cm³/mol. The smallest absolute Gasteiger partial charge is 0.277 e. The molecule has 0 bridgehead atoms. The number of para-hydroxylation sites is 2. The summed E-state index contributed by atoms with van der Waals surface area (Å²) >= 11 is 0. The molecule has 0 N–H and O–H groups in total. The van der Waals surface area contributed by atoms with Crippen LogP contribution in [0, 0.1) is 0 Å². The van der Waals surface area contributed by atoms with Crippen LogP contribution in [0.2, 0.25) is 0 Å². The second-order valence-corrected chi connectivity index (χ2v) is 7.07. The Morgan fingerprint density at radius 2 is 1.71 bits per heavy atom. The van der Waals surface area contributed by atoms with Crippen LogP contribution in [-0.2, 0) is 4.79 Å². The molecule has 0 fully saturated rings. The van der Waals surface area contributed by atoms with Gasteiger partial charge < -0.3 is 9.32 Å². The minimum Gasteiger partial charge on any atom is -0.456 e. The first kappa shape index (κ1) is 16.8. The van der Waals surface area contributed by atoms with Gasteiger partial charge in [-0.05, 0) is 36.8 Å². The van der Waals surface area contributed by atoms with Gasteiger partial charge in [0.2, 0.25) is 0 Å². The Hall–Kier alpha value is -3.40. The van der Waals surface area contributed by atoms with Crippen molar-refractivity contribution >= 4 is 44.9 Å². The molecule has 0 saturated heterocycles. The van der Waals surface area contributed by atoms with Crippen LogP contribution in [0.15, 0.2) is 76.1 Å². The van der Waals surface area contributed by atoms with E-state index in [0.29, 0.717) is 5.71 Å². The summed E-state index contributed by atoms with van der Waals surface area (Å²) in [4.78, 5) is 19.7. The molecule has 5 rings (SSSR count). The van der Waals surface area contributed by atoms with Crippen LogP contribution >= 0.6 is 0 Å². The predicted octanol–water partition coefficient (Wildman–Crippen LogP) is 5.85. The summed E-state index contributed by atoms with van der Waals surface area (Å²) in [6.07, 6.45) is 2.02. The van der Waals surface area contributed by atoms with Gasteiger partial charge in [-0.2, -0.15) is 0 Å². The van der Waals surface area contributed by atoms with Crippen molar-refractivity contribution in [2.45, 2.75) is 19.8 Å². The number of amides is 1. The van der Waals surface area contributed by atoms with Crippen molar-refractivity contribution in [1.82, 2.24) is 0 Å². The first-order valence-electron chi connectivity index (χ1n) is 9.67. The fourth-order valence-corrected chi connectivity index (χ4v) is 3.82. The van der Waals surface area contributed by atoms with E-state index in [1.807, 2.05) is 71.6 Å². The molecule has 0 unspecified atom stereocenters. The van der Waals surface area contributed by atoms with Crippen LogP contribution in [0.25, 0.3) is 21.9 Å². The van der Waals surface area contributed by atoms with E-state index in [2.05, 4.69) is 6.92 Å². The molecule has 1 aliphatic rings. The van der Waals surface area contributed by atoms with Gasteiger partial charge >= 0.3 is 0 Å². The molecule has 1 amide bonds. The van der Waals surface area contributed by atoms with Crippen LogP contribution in [0.4, 0.5) is 11.4 Å². The van der Waals surface area contributed by atoms with Crippen molar-refractivity contribution in [3.63, 3.8) is 0 Å². The Morgan fingerprint density at radius 3 is 2.61 bits per heavy atom. The highest BCUT2D eigenvalue weighted by atomic mass is 16.3. The third-order valence-corrected chi connectivity index (χ3v) is 5.23. The average Bonchev–Trinajstić information content (AvgIpc) is 3.22. The van der Waals surface area contributed by atoms with Crippen molar-refractivity contribution < 1.29 is 9.21 Å². The number of benzene rings is 3. The second kappa shape index (κ2) is 6.64. The lowest BCUT2D eigenvalue weighted by Crippen LogP contribution is -2.30. The number of furan rings is 1. The molecule has 28 heavy (non-hydrogen) atoms. The van der Waals surface area contributed by atoms with Crippen molar-refractivity contribution in [2.75, 3.05) is 11.4 Å². The second-order valence-electron chi connectivity index (χ2n) is 7.07. The van der Waals surface area contributed by atoms with Gasteiger partial charge in [-0.25, -0.2) is 4.99 Å². The zero-order valence-corrected chi connectivity index (χ0v) is 15.7. The maximum absolute atomic E-state index is 13.1. The van der Waals surface area contributed by atoms with Gasteiger partial charge in [-0.1, -0.05) is 49.7 Å². The Bertz CT molecular complexity index is 1240. The van der Waals surface area contributed by atoms with Crippen LogP contribution in [0.3, 0.4) is 0 Å². The van der Waals surface area contributed by atoms with E-state index in [1.54, 1.807) is 0 Å². The minimum absolute atomic E-state index is 0.0215. The molecule has 0 spiro atoms. The van der Waals surface area contributed by atoms with Crippen molar-refractivity contribution in [2.24, 2.45) is 4.99 Å². The topological polar surface area (TPSA) is 45.8 Å². The zero-order chi connectivity index (χ0) is 19.1. The van der Waals surface area contributed by atoms with Crippen molar-refractivity contribution in [1.29, 1.82) is 0 Å². The molecule has 0 saturated carbocycles. The summed E-state index contributed by atoms with van der Waals surface area (Å²) in [5, 5.41) is 2.07. The summed E-state index contributed by atoms with van der Waals surface area (Å²) in [6.45, 7) is 2.85. The Morgan fingerprint density at radius 1 is 0.929 bits per heavy atom. The van der Waals surface area contributed by atoms with Crippen molar-refractivity contribution in [3.8, 4) is 0 Å². The Labute approximate surface area is 163 Å². The third kappa shape index (κ3) is 2.61. The van der Waals surface area contributed by atoms with Gasteiger partial charge in [0, 0.05) is 22.9 Å².